The van der Waals surface area contributed by atoms with Gasteiger partial charge in [-0.1, -0.05) is 13.8 Å². The van der Waals surface area contributed by atoms with Crippen LogP contribution in [-0.4, -0.2) is 29.2 Å². The van der Waals surface area contributed by atoms with Crippen molar-refractivity contribution in [1.29, 1.82) is 0 Å². The molecule has 1 aliphatic heterocycles. The Balaban J connectivity index is 2.66. The third-order valence-corrected chi connectivity index (χ3v) is 3.02. The van der Waals surface area contributed by atoms with Crippen LogP contribution in [0.5, 0.6) is 0 Å². The highest BCUT2D eigenvalue weighted by molar-refractivity contribution is 5.89. The summed E-state index contributed by atoms with van der Waals surface area (Å²) in [6.45, 7) is 6.37. The van der Waals surface area contributed by atoms with Crippen LogP contribution >= 0.6 is 0 Å². The molecule has 1 saturated heterocycles. The van der Waals surface area contributed by atoms with Crippen molar-refractivity contribution in [2.24, 2.45) is 5.92 Å². The van der Waals surface area contributed by atoms with Gasteiger partial charge in [0.15, 0.2) is 5.78 Å². The quantitative estimate of drug-likeness (QED) is 0.689. The molecule has 3 heteroatoms. The minimum Gasteiger partial charge on any atom is -0.333 e. The molecule has 1 amide bonds. The van der Waals surface area contributed by atoms with E-state index < -0.39 is 0 Å². The van der Waals surface area contributed by atoms with Crippen molar-refractivity contribution in [3.05, 3.63) is 0 Å². The van der Waals surface area contributed by atoms with E-state index in [1.807, 2.05) is 20.8 Å². The fraction of sp³-hybridized carbons (Fsp3) is 0.818. The molecule has 3 nitrogen and oxygen atoms in total. The first-order valence-electron chi connectivity index (χ1n) is 5.41. The van der Waals surface area contributed by atoms with Gasteiger partial charge in [0.25, 0.3) is 0 Å². The molecular weight excluding hydrogens is 178 g/mol. The van der Waals surface area contributed by atoms with Gasteiger partial charge in [0, 0.05) is 18.9 Å². The summed E-state index contributed by atoms with van der Waals surface area (Å²) in [7, 11) is 0. The second-order valence-corrected chi connectivity index (χ2v) is 4.07. The van der Waals surface area contributed by atoms with E-state index in [1.54, 1.807) is 4.90 Å². The van der Waals surface area contributed by atoms with Gasteiger partial charge in [-0.05, 0) is 19.8 Å². The van der Waals surface area contributed by atoms with Crippen molar-refractivity contribution in [2.45, 2.75) is 46.1 Å². The molecule has 0 radical (unpaired) electrons. The molecule has 0 aromatic carbocycles. The number of amides is 1. The summed E-state index contributed by atoms with van der Waals surface area (Å²) >= 11 is 0. The number of carbonyl (C=O) groups excluding carboxylic acids is 2. The molecule has 1 heterocycles. The van der Waals surface area contributed by atoms with Crippen LogP contribution in [0.25, 0.3) is 0 Å². The Bertz CT molecular complexity index is 237. The monoisotopic (exact) mass is 197 g/mol. The van der Waals surface area contributed by atoms with Crippen LogP contribution in [0, 0.1) is 5.92 Å². The van der Waals surface area contributed by atoms with Crippen LogP contribution in [0.15, 0.2) is 0 Å². The van der Waals surface area contributed by atoms with Gasteiger partial charge in [-0.15, -0.1) is 0 Å². The predicted molar refractivity (Wildman–Crippen MR) is 54.9 cm³/mol. The highest BCUT2D eigenvalue weighted by Crippen LogP contribution is 2.19. The zero-order chi connectivity index (χ0) is 10.7. The average molecular weight is 197 g/mol. The first-order chi connectivity index (χ1) is 6.57. The fourth-order valence-electron chi connectivity index (χ4n) is 1.94. The third-order valence-electron chi connectivity index (χ3n) is 3.02. The summed E-state index contributed by atoms with van der Waals surface area (Å²) in [4.78, 5) is 25.0. The maximum atomic E-state index is 11.8. The summed E-state index contributed by atoms with van der Waals surface area (Å²) in [5.74, 6) is 0.397. The molecule has 0 saturated carbocycles. The molecular formula is C11H19NO2. The molecule has 0 spiro atoms. The summed E-state index contributed by atoms with van der Waals surface area (Å²) < 4.78 is 0. The highest BCUT2D eigenvalue weighted by atomic mass is 16.2. The topological polar surface area (TPSA) is 37.4 Å². The lowest BCUT2D eigenvalue weighted by molar-refractivity contribution is -0.144. The lowest BCUT2D eigenvalue weighted by Crippen LogP contribution is -2.48. The maximum Gasteiger partial charge on any atom is 0.226 e. The number of piperidine rings is 1. The molecule has 1 rings (SSSR count). The number of nitrogens with zero attached hydrogens (tertiary/aromatic N) is 1. The van der Waals surface area contributed by atoms with Gasteiger partial charge in [-0.2, -0.15) is 0 Å². The normalized spacial score (nSPS) is 24.9. The molecule has 0 aliphatic carbocycles. The van der Waals surface area contributed by atoms with Gasteiger partial charge in [0.2, 0.25) is 5.91 Å². The van der Waals surface area contributed by atoms with Crippen molar-refractivity contribution < 1.29 is 9.59 Å². The first-order valence-corrected chi connectivity index (χ1v) is 5.41. The lowest BCUT2D eigenvalue weighted by Gasteiger charge is -2.34. The average Bonchev–Trinajstić information content (AvgIpc) is 2.20. The van der Waals surface area contributed by atoms with E-state index in [9.17, 15) is 9.59 Å². The van der Waals surface area contributed by atoms with E-state index >= 15 is 0 Å². The zero-order valence-corrected chi connectivity index (χ0v) is 9.25. The molecule has 0 aromatic rings. The Morgan fingerprint density at radius 3 is 2.86 bits per heavy atom. The molecule has 1 fully saturated rings. The molecule has 0 aromatic heterocycles. The number of hydrogen-bond acceptors (Lipinski definition) is 2. The zero-order valence-electron chi connectivity index (χ0n) is 9.25. The van der Waals surface area contributed by atoms with Gasteiger partial charge in [-0.3, -0.25) is 9.59 Å². The molecule has 2 atom stereocenters. The van der Waals surface area contributed by atoms with Crippen molar-refractivity contribution in [1.82, 2.24) is 4.90 Å². The largest absolute Gasteiger partial charge is 0.333 e. The Morgan fingerprint density at radius 1 is 1.64 bits per heavy atom. The third kappa shape index (κ3) is 2.14. The fourth-order valence-corrected chi connectivity index (χ4v) is 1.94. The summed E-state index contributed by atoms with van der Waals surface area (Å²) in [6, 6.07) is -0.227. The number of carbonyl (C=O) groups is 2. The number of ketones is 1. The van der Waals surface area contributed by atoms with Crippen LogP contribution in [-0.2, 0) is 9.59 Å². The number of likely N-dealkylation sites (tertiary alicyclic amines) is 1. The number of hydrogen-bond donors (Lipinski definition) is 0. The molecule has 80 valence electrons. The minimum atomic E-state index is -0.227. The summed E-state index contributed by atoms with van der Waals surface area (Å²) in [6.07, 6.45) is 2.50. The molecule has 1 aliphatic rings. The van der Waals surface area contributed by atoms with Gasteiger partial charge in [0.05, 0.1) is 6.04 Å². The number of Topliss-reactive ketones (excluding diaryl/α,β-unsaturated/α-hetero) is 1. The number of rotatable bonds is 3. The first kappa shape index (κ1) is 11.2. The van der Waals surface area contributed by atoms with Gasteiger partial charge in [-0.25, -0.2) is 0 Å². The van der Waals surface area contributed by atoms with Crippen molar-refractivity contribution in [2.75, 3.05) is 6.54 Å². The Kier molecular flexibility index (Phi) is 3.67. The van der Waals surface area contributed by atoms with Crippen LogP contribution in [0.1, 0.15) is 40.0 Å². The molecule has 0 bridgehead atoms. The second kappa shape index (κ2) is 4.58. The van der Waals surface area contributed by atoms with E-state index in [1.165, 1.54) is 0 Å². The van der Waals surface area contributed by atoms with Crippen molar-refractivity contribution >= 4 is 11.7 Å². The van der Waals surface area contributed by atoms with Gasteiger partial charge in [0.1, 0.15) is 0 Å². The van der Waals surface area contributed by atoms with E-state index in [-0.39, 0.29) is 23.7 Å². The van der Waals surface area contributed by atoms with Crippen LogP contribution in [0.4, 0.5) is 0 Å². The summed E-state index contributed by atoms with van der Waals surface area (Å²) in [5.41, 5.74) is 0. The van der Waals surface area contributed by atoms with E-state index in [4.69, 9.17) is 0 Å². The molecule has 2 unspecified atom stereocenters. The Labute approximate surface area is 85.5 Å². The van der Waals surface area contributed by atoms with E-state index in [0.29, 0.717) is 6.42 Å². The second-order valence-electron chi connectivity index (χ2n) is 4.07. The van der Waals surface area contributed by atoms with Gasteiger partial charge >= 0.3 is 0 Å². The van der Waals surface area contributed by atoms with Crippen LogP contribution in [0.3, 0.4) is 0 Å². The minimum absolute atomic E-state index is 0.0934. The highest BCUT2D eigenvalue weighted by Gasteiger charge is 2.30. The molecule has 14 heavy (non-hydrogen) atoms. The Hall–Kier alpha value is -0.860. The predicted octanol–water partition coefficient (Wildman–Crippen LogP) is 1.61. The SMILES string of the molecule is CCC(=O)C(C)N1CCCC(C)C1=O. The van der Waals surface area contributed by atoms with Crippen LogP contribution in [0.2, 0.25) is 0 Å². The maximum absolute atomic E-state index is 11.8. The lowest BCUT2D eigenvalue weighted by atomic mass is 9.96. The van der Waals surface area contributed by atoms with Crippen molar-refractivity contribution in [3.8, 4) is 0 Å². The van der Waals surface area contributed by atoms with Gasteiger partial charge < -0.3 is 4.90 Å². The van der Waals surface area contributed by atoms with E-state index in [0.717, 1.165) is 19.4 Å². The Morgan fingerprint density at radius 2 is 2.29 bits per heavy atom. The molecule has 0 N–H and O–H groups in total. The standard InChI is InChI=1S/C11H19NO2/c1-4-10(13)9(3)12-7-5-6-8(2)11(12)14/h8-9H,4-7H2,1-3H3. The smallest absolute Gasteiger partial charge is 0.226 e. The van der Waals surface area contributed by atoms with E-state index in [2.05, 4.69) is 0 Å². The van der Waals surface area contributed by atoms with Crippen LogP contribution < -0.4 is 0 Å². The summed E-state index contributed by atoms with van der Waals surface area (Å²) in [5, 5.41) is 0. The van der Waals surface area contributed by atoms with Crippen molar-refractivity contribution in [3.63, 3.8) is 0 Å².